The van der Waals surface area contributed by atoms with E-state index < -0.39 is 38.5 Å². The van der Waals surface area contributed by atoms with Crippen LogP contribution in [0.3, 0.4) is 0 Å². The number of aromatic nitrogens is 1. The molecule has 0 amide bonds. The molecule has 94 valence electrons. The molecule has 17 heavy (non-hydrogen) atoms. The van der Waals surface area contributed by atoms with E-state index in [2.05, 4.69) is 9.86 Å². The summed E-state index contributed by atoms with van der Waals surface area (Å²) in [4.78, 5) is 15.7. The Hall–Kier alpha value is -0.920. The first kappa shape index (κ1) is 12.5. The van der Waals surface area contributed by atoms with E-state index in [1.54, 1.807) is 12.1 Å². The van der Waals surface area contributed by atoms with Gasteiger partial charge in [-0.3, -0.25) is 0 Å². The van der Waals surface area contributed by atoms with Crippen LogP contribution in [0.15, 0.2) is 27.4 Å². The molecule has 1 aromatic carbocycles. The van der Waals surface area contributed by atoms with Crippen LogP contribution in [-0.2, 0) is 6.54 Å². The van der Waals surface area contributed by atoms with Gasteiger partial charge in [-0.15, -0.1) is 0 Å². The number of fused-ring (bicyclic) bond motifs is 1. The summed E-state index contributed by atoms with van der Waals surface area (Å²) >= 11 is -1.19. The molecule has 0 fully saturated rings. The first-order valence-electron chi connectivity index (χ1n) is 4.90. The Bertz CT molecular complexity index is 589. The SMILES string of the molecule is CI(C)c1ccc2oc(=O)n(CC(F)F)c2c1. The summed E-state index contributed by atoms with van der Waals surface area (Å²) in [6.45, 7) is -0.614. The van der Waals surface area contributed by atoms with Gasteiger partial charge in [0.2, 0.25) is 0 Å². The molecule has 0 unspecified atom stereocenters. The quantitative estimate of drug-likeness (QED) is 0.627. The third-order valence-electron chi connectivity index (χ3n) is 2.39. The molecule has 0 N–H and O–H groups in total. The fraction of sp³-hybridized carbons (Fsp3) is 0.364. The number of rotatable bonds is 3. The van der Waals surface area contributed by atoms with E-state index in [1.807, 2.05) is 6.07 Å². The van der Waals surface area contributed by atoms with Gasteiger partial charge in [0.1, 0.15) is 0 Å². The molecule has 6 heteroatoms. The van der Waals surface area contributed by atoms with Crippen LogP contribution in [0.25, 0.3) is 11.1 Å². The molecule has 1 aromatic heterocycles. The Morgan fingerprint density at radius 3 is 2.71 bits per heavy atom. The number of nitrogens with zero attached hydrogens (tertiary/aromatic N) is 1. The van der Waals surface area contributed by atoms with Crippen molar-refractivity contribution >= 4 is 30.9 Å². The summed E-state index contributed by atoms with van der Waals surface area (Å²) in [7, 11) is 0. The molecule has 0 aliphatic rings. The van der Waals surface area contributed by atoms with Crippen LogP contribution in [0, 0.1) is 3.57 Å². The van der Waals surface area contributed by atoms with Crippen LogP contribution in [0.1, 0.15) is 0 Å². The maximum absolute atomic E-state index is 12.4. The summed E-state index contributed by atoms with van der Waals surface area (Å²) in [6, 6.07) is 5.39. The van der Waals surface area contributed by atoms with Gasteiger partial charge in [-0.1, -0.05) is 0 Å². The van der Waals surface area contributed by atoms with E-state index in [9.17, 15) is 13.6 Å². The van der Waals surface area contributed by atoms with Crippen molar-refractivity contribution < 1.29 is 13.2 Å². The number of oxazole rings is 1. The van der Waals surface area contributed by atoms with E-state index in [0.29, 0.717) is 11.1 Å². The first-order valence-corrected chi connectivity index (χ1v) is 10.3. The number of alkyl halides is 4. The van der Waals surface area contributed by atoms with Crippen molar-refractivity contribution in [2.24, 2.45) is 0 Å². The summed E-state index contributed by atoms with van der Waals surface area (Å²) in [6.07, 6.45) is -2.56. The van der Waals surface area contributed by atoms with E-state index in [4.69, 9.17) is 4.42 Å². The van der Waals surface area contributed by atoms with Gasteiger partial charge in [-0.25, -0.2) is 0 Å². The fourth-order valence-electron chi connectivity index (χ4n) is 1.58. The molecule has 0 aliphatic carbocycles. The first-order chi connectivity index (χ1) is 7.99. The van der Waals surface area contributed by atoms with Crippen molar-refractivity contribution in [2.45, 2.75) is 13.0 Å². The van der Waals surface area contributed by atoms with Gasteiger partial charge in [0, 0.05) is 0 Å². The van der Waals surface area contributed by atoms with Crippen LogP contribution in [0.4, 0.5) is 8.78 Å². The Morgan fingerprint density at radius 2 is 2.12 bits per heavy atom. The molecule has 3 nitrogen and oxygen atoms in total. The van der Waals surface area contributed by atoms with Crippen molar-refractivity contribution in [2.75, 3.05) is 9.86 Å². The van der Waals surface area contributed by atoms with Crippen LogP contribution < -0.4 is 5.76 Å². The van der Waals surface area contributed by atoms with Crippen molar-refractivity contribution in [3.05, 3.63) is 32.3 Å². The Balaban J connectivity index is 2.61. The topological polar surface area (TPSA) is 35.1 Å². The zero-order valence-corrected chi connectivity index (χ0v) is 11.6. The van der Waals surface area contributed by atoms with Crippen molar-refractivity contribution in [3.8, 4) is 0 Å². The zero-order chi connectivity index (χ0) is 12.6. The Morgan fingerprint density at radius 1 is 1.41 bits per heavy atom. The second kappa shape index (κ2) is 4.75. The summed E-state index contributed by atoms with van der Waals surface area (Å²) in [5.74, 6) is -0.718. The second-order valence-corrected chi connectivity index (χ2v) is 9.30. The molecule has 0 bridgehead atoms. The summed E-state index contributed by atoms with van der Waals surface area (Å²) in [5, 5.41) is 0. The van der Waals surface area contributed by atoms with Crippen LogP contribution in [-0.4, -0.2) is 20.9 Å². The van der Waals surface area contributed by atoms with Gasteiger partial charge < -0.3 is 0 Å². The van der Waals surface area contributed by atoms with Crippen molar-refractivity contribution in [1.29, 1.82) is 0 Å². The average molecular weight is 355 g/mol. The van der Waals surface area contributed by atoms with Crippen LogP contribution in [0.2, 0.25) is 0 Å². The second-order valence-electron chi connectivity index (χ2n) is 3.74. The molecule has 0 saturated carbocycles. The van der Waals surface area contributed by atoms with E-state index in [-0.39, 0.29) is 0 Å². The van der Waals surface area contributed by atoms with Crippen LogP contribution in [0.5, 0.6) is 0 Å². The molecule has 0 radical (unpaired) electrons. The zero-order valence-electron chi connectivity index (χ0n) is 9.41. The van der Waals surface area contributed by atoms with Crippen molar-refractivity contribution in [1.82, 2.24) is 4.57 Å². The molecule has 0 aliphatic heterocycles. The number of benzene rings is 1. The minimum absolute atomic E-state index is 0.372. The van der Waals surface area contributed by atoms with E-state index in [0.717, 1.165) is 8.14 Å². The van der Waals surface area contributed by atoms with Gasteiger partial charge >= 0.3 is 104 Å². The monoisotopic (exact) mass is 355 g/mol. The Labute approximate surface area is 104 Å². The molecule has 1 heterocycles. The minimum atomic E-state index is -2.56. The Kier molecular flexibility index (Phi) is 3.50. The number of halogens is 3. The molecule has 2 rings (SSSR count). The fourth-order valence-corrected chi connectivity index (χ4v) is 3.40. The summed E-state index contributed by atoms with van der Waals surface area (Å²) in [5.41, 5.74) is 0.843. The molecule has 0 saturated heterocycles. The molecular weight excluding hydrogens is 343 g/mol. The van der Waals surface area contributed by atoms with Crippen LogP contribution >= 0.6 is 19.8 Å². The van der Waals surface area contributed by atoms with Gasteiger partial charge in [0.15, 0.2) is 0 Å². The van der Waals surface area contributed by atoms with Gasteiger partial charge in [-0.05, 0) is 0 Å². The number of hydrogen-bond donors (Lipinski definition) is 0. The van der Waals surface area contributed by atoms with Gasteiger partial charge in [-0.2, -0.15) is 0 Å². The molecule has 0 atom stereocenters. The van der Waals surface area contributed by atoms with Gasteiger partial charge in [0.05, 0.1) is 0 Å². The average Bonchev–Trinajstić information content (AvgIpc) is 2.54. The normalized spacial score (nSPS) is 12.4. The van der Waals surface area contributed by atoms with Crippen molar-refractivity contribution in [3.63, 3.8) is 0 Å². The molecule has 2 aromatic rings. The predicted molar refractivity (Wildman–Crippen MR) is 71.0 cm³/mol. The maximum atomic E-state index is 12.4. The molecular formula is C11H12F2INO2. The third-order valence-corrected chi connectivity index (χ3v) is 5.55. The van der Waals surface area contributed by atoms with E-state index in [1.165, 1.54) is 0 Å². The predicted octanol–water partition coefficient (Wildman–Crippen LogP) is 2.80. The number of hydrogen-bond acceptors (Lipinski definition) is 2. The molecule has 0 spiro atoms. The third kappa shape index (κ3) is 2.51. The summed E-state index contributed by atoms with van der Waals surface area (Å²) < 4.78 is 31.8. The van der Waals surface area contributed by atoms with Gasteiger partial charge in [0.25, 0.3) is 0 Å². The van der Waals surface area contributed by atoms with E-state index >= 15 is 0 Å². The standard InChI is InChI=1S/C11H12F2INO2/c1-14(2)7-3-4-9-8(5-7)15(6-10(12)13)11(16)17-9/h3-5,10H,6H2,1-2H3.